The molecule has 0 radical (unpaired) electrons. The van der Waals surface area contributed by atoms with Crippen molar-refractivity contribution in [2.75, 3.05) is 14.2 Å². The van der Waals surface area contributed by atoms with Crippen LogP contribution in [0.1, 0.15) is 30.5 Å². The predicted molar refractivity (Wildman–Crippen MR) is 116 cm³/mol. The van der Waals surface area contributed by atoms with E-state index >= 15 is 0 Å². The van der Waals surface area contributed by atoms with Crippen LogP contribution in [0.5, 0.6) is 11.5 Å². The average Bonchev–Trinajstić information content (AvgIpc) is 3.35. The van der Waals surface area contributed by atoms with Crippen molar-refractivity contribution < 1.29 is 14.3 Å². The molecule has 3 aromatic rings. The third kappa shape index (κ3) is 4.68. The number of rotatable bonds is 8. The molecule has 1 atom stereocenters. The van der Waals surface area contributed by atoms with E-state index in [1.165, 1.54) is 0 Å². The van der Waals surface area contributed by atoms with Crippen molar-refractivity contribution in [2.24, 2.45) is 0 Å². The summed E-state index contributed by atoms with van der Waals surface area (Å²) < 4.78 is 13.1. The van der Waals surface area contributed by atoms with E-state index in [-0.39, 0.29) is 11.9 Å². The number of thiophene rings is 1. The molecule has 0 fully saturated rings. The summed E-state index contributed by atoms with van der Waals surface area (Å²) in [5.74, 6) is 2.00. The van der Waals surface area contributed by atoms with Gasteiger partial charge in [-0.2, -0.15) is 5.10 Å². The number of hydrogen-bond acceptors (Lipinski definition) is 6. The zero-order chi connectivity index (χ0) is 21.0. The standard InChI is InChI=1S/C20H24N4O3S2/c1-12-10-15(26-3)16(27-4)11-14(12)13(2)21-18(25)7-8-24-19(22-23-20(24)28)17-6-5-9-29-17/h5-6,9-11,13H,7-8H2,1-4H3,(H,21,25)(H,23,28). The number of methoxy groups -OCH3 is 2. The number of nitrogens with zero attached hydrogens (tertiary/aromatic N) is 2. The quantitative estimate of drug-likeness (QED) is 0.520. The maximum absolute atomic E-state index is 12.6. The lowest BCUT2D eigenvalue weighted by Crippen LogP contribution is -2.28. The second-order valence-electron chi connectivity index (χ2n) is 6.58. The smallest absolute Gasteiger partial charge is 0.222 e. The van der Waals surface area contributed by atoms with Gasteiger partial charge in [0.1, 0.15) is 0 Å². The number of amides is 1. The summed E-state index contributed by atoms with van der Waals surface area (Å²) in [5, 5.41) is 12.1. The summed E-state index contributed by atoms with van der Waals surface area (Å²) in [4.78, 5) is 13.6. The zero-order valence-electron chi connectivity index (χ0n) is 16.8. The van der Waals surface area contributed by atoms with Gasteiger partial charge in [-0.3, -0.25) is 14.5 Å². The first-order valence-corrected chi connectivity index (χ1v) is 10.4. The van der Waals surface area contributed by atoms with Gasteiger partial charge in [0.2, 0.25) is 5.91 Å². The lowest BCUT2D eigenvalue weighted by molar-refractivity contribution is -0.121. The SMILES string of the molecule is COc1cc(C)c(C(C)NC(=O)CCn2c(-c3cccs3)n[nH]c2=S)cc1OC. The van der Waals surface area contributed by atoms with E-state index in [0.717, 1.165) is 21.8 Å². The lowest BCUT2D eigenvalue weighted by atomic mass is 10.0. The van der Waals surface area contributed by atoms with Gasteiger partial charge in [-0.25, -0.2) is 0 Å². The fourth-order valence-corrected chi connectivity index (χ4v) is 4.13. The van der Waals surface area contributed by atoms with Crippen LogP contribution < -0.4 is 14.8 Å². The highest BCUT2D eigenvalue weighted by molar-refractivity contribution is 7.71. The van der Waals surface area contributed by atoms with Crippen LogP contribution in [0.4, 0.5) is 0 Å². The van der Waals surface area contributed by atoms with E-state index in [2.05, 4.69) is 15.5 Å². The van der Waals surface area contributed by atoms with E-state index in [1.54, 1.807) is 25.6 Å². The monoisotopic (exact) mass is 432 g/mol. The molecule has 0 aliphatic heterocycles. The topological polar surface area (TPSA) is 81.2 Å². The summed E-state index contributed by atoms with van der Waals surface area (Å²) in [6, 6.07) is 7.59. The Hall–Kier alpha value is -2.65. The minimum atomic E-state index is -0.170. The van der Waals surface area contributed by atoms with E-state index in [9.17, 15) is 4.79 Å². The molecule has 0 bridgehead atoms. The Morgan fingerprint density at radius 3 is 2.72 bits per heavy atom. The number of hydrogen-bond donors (Lipinski definition) is 2. The summed E-state index contributed by atoms with van der Waals surface area (Å²) in [6.45, 7) is 4.39. The van der Waals surface area contributed by atoms with Crippen LogP contribution in [-0.2, 0) is 11.3 Å². The van der Waals surface area contributed by atoms with Gasteiger partial charge in [0.05, 0.1) is 25.1 Å². The first-order valence-electron chi connectivity index (χ1n) is 9.15. The molecule has 0 aliphatic carbocycles. The molecule has 1 amide bonds. The van der Waals surface area contributed by atoms with Crippen LogP contribution in [0.2, 0.25) is 0 Å². The van der Waals surface area contributed by atoms with Crippen LogP contribution in [0.25, 0.3) is 10.7 Å². The van der Waals surface area contributed by atoms with Crippen LogP contribution in [-0.4, -0.2) is 34.9 Å². The number of benzene rings is 1. The molecule has 9 heteroatoms. The van der Waals surface area contributed by atoms with Gasteiger partial charge in [0.25, 0.3) is 0 Å². The molecule has 0 spiro atoms. The Bertz CT molecular complexity index is 1040. The van der Waals surface area contributed by atoms with Gasteiger partial charge in [-0.15, -0.1) is 11.3 Å². The first-order chi connectivity index (χ1) is 13.9. The van der Waals surface area contributed by atoms with Crippen molar-refractivity contribution in [3.63, 3.8) is 0 Å². The normalized spacial score (nSPS) is 11.9. The Labute approximate surface area is 178 Å². The molecule has 29 heavy (non-hydrogen) atoms. The molecule has 2 aromatic heterocycles. The number of aromatic amines is 1. The fourth-order valence-electron chi connectivity index (χ4n) is 3.19. The molecule has 0 saturated carbocycles. The van der Waals surface area contributed by atoms with E-state index in [0.29, 0.717) is 29.2 Å². The van der Waals surface area contributed by atoms with Crippen LogP contribution >= 0.6 is 23.6 Å². The Morgan fingerprint density at radius 2 is 2.07 bits per heavy atom. The summed E-state index contributed by atoms with van der Waals surface area (Å²) in [5.41, 5.74) is 2.00. The first kappa shape index (κ1) is 21.1. The molecule has 1 unspecified atom stereocenters. The minimum Gasteiger partial charge on any atom is -0.493 e. The van der Waals surface area contributed by atoms with Gasteiger partial charge in [-0.05, 0) is 60.8 Å². The third-order valence-electron chi connectivity index (χ3n) is 4.68. The minimum absolute atomic E-state index is 0.0630. The molecule has 0 saturated heterocycles. The van der Waals surface area contributed by atoms with Gasteiger partial charge in [-0.1, -0.05) is 6.07 Å². The van der Waals surface area contributed by atoms with Crippen molar-refractivity contribution in [1.29, 1.82) is 0 Å². The summed E-state index contributed by atoms with van der Waals surface area (Å²) in [6.07, 6.45) is 0.295. The molecule has 0 aliphatic rings. The molecular formula is C20H24N4O3S2. The molecule has 154 valence electrons. The number of carbonyl (C=O) groups is 1. The number of carbonyl (C=O) groups excluding carboxylic acids is 1. The van der Waals surface area contributed by atoms with Crippen LogP contribution in [0.3, 0.4) is 0 Å². The van der Waals surface area contributed by atoms with E-state index < -0.39 is 0 Å². The fraction of sp³-hybridized carbons (Fsp3) is 0.350. The van der Waals surface area contributed by atoms with Gasteiger partial charge in [0, 0.05) is 13.0 Å². The highest BCUT2D eigenvalue weighted by Gasteiger charge is 2.17. The van der Waals surface area contributed by atoms with Crippen molar-refractivity contribution >= 4 is 29.5 Å². The second-order valence-corrected chi connectivity index (χ2v) is 7.92. The highest BCUT2D eigenvalue weighted by Crippen LogP contribution is 2.32. The molecular weight excluding hydrogens is 408 g/mol. The van der Waals surface area contributed by atoms with Crippen LogP contribution in [0.15, 0.2) is 29.6 Å². The summed E-state index contributed by atoms with van der Waals surface area (Å²) in [7, 11) is 3.20. The number of ether oxygens (including phenoxy) is 2. The summed E-state index contributed by atoms with van der Waals surface area (Å²) >= 11 is 6.91. The predicted octanol–water partition coefficient (Wildman–Crippen LogP) is 4.26. The maximum atomic E-state index is 12.6. The van der Waals surface area contributed by atoms with Crippen molar-refractivity contribution in [1.82, 2.24) is 20.1 Å². The second kappa shape index (κ2) is 9.23. The Balaban J connectivity index is 1.68. The Morgan fingerprint density at radius 1 is 1.34 bits per heavy atom. The Kier molecular flexibility index (Phi) is 6.71. The van der Waals surface area contributed by atoms with Gasteiger partial charge >= 0.3 is 0 Å². The van der Waals surface area contributed by atoms with Crippen molar-refractivity contribution in [3.8, 4) is 22.2 Å². The number of nitrogens with one attached hydrogen (secondary N) is 2. The average molecular weight is 433 g/mol. The van der Waals surface area contributed by atoms with Crippen LogP contribution in [0, 0.1) is 11.7 Å². The largest absolute Gasteiger partial charge is 0.493 e. The number of aromatic nitrogens is 3. The molecule has 2 heterocycles. The molecule has 7 nitrogen and oxygen atoms in total. The van der Waals surface area contributed by atoms with Gasteiger partial charge < -0.3 is 14.8 Å². The molecule has 2 N–H and O–H groups in total. The molecule has 1 aromatic carbocycles. The zero-order valence-corrected chi connectivity index (χ0v) is 18.4. The van der Waals surface area contributed by atoms with Crippen molar-refractivity contribution in [2.45, 2.75) is 32.9 Å². The van der Waals surface area contributed by atoms with E-state index in [4.69, 9.17) is 21.7 Å². The lowest BCUT2D eigenvalue weighted by Gasteiger charge is -2.19. The molecule has 3 rings (SSSR count). The van der Waals surface area contributed by atoms with Gasteiger partial charge in [0.15, 0.2) is 22.1 Å². The third-order valence-corrected chi connectivity index (χ3v) is 5.86. The maximum Gasteiger partial charge on any atom is 0.222 e. The van der Waals surface area contributed by atoms with E-state index in [1.807, 2.05) is 48.1 Å². The highest BCUT2D eigenvalue weighted by atomic mass is 32.1. The number of H-pyrrole nitrogens is 1. The van der Waals surface area contributed by atoms with Crippen molar-refractivity contribution in [3.05, 3.63) is 45.5 Å². The number of aryl methyl sites for hydroxylation is 1.